The SMILES string of the molecule is COC(=O)[C@H](C(C)C)[C@H](C(=O)O)C(C)C. The van der Waals surface area contributed by atoms with Crippen LogP contribution in [-0.2, 0) is 14.3 Å². The van der Waals surface area contributed by atoms with Crippen molar-refractivity contribution in [1.29, 1.82) is 0 Å². The fourth-order valence-corrected chi connectivity index (χ4v) is 1.82. The second kappa shape index (κ2) is 5.73. The van der Waals surface area contributed by atoms with Crippen molar-refractivity contribution in [2.24, 2.45) is 23.7 Å². The molecule has 0 radical (unpaired) electrons. The van der Waals surface area contributed by atoms with Crippen molar-refractivity contribution in [1.82, 2.24) is 0 Å². The van der Waals surface area contributed by atoms with E-state index in [0.29, 0.717) is 0 Å². The molecule has 0 fully saturated rings. The minimum atomic E-state index is -0.936. The van der Waals surface area contributed by atoms with Crippen molar-refractivity contribution >= 4 is 11.9 Å². The van der Waals surface area contributed by atoms with Crippen LogP contribution in [0.5, 0.6) is 0 Å². The van der Waals surface area contributed by atoms with Crippen molar-refractivity contribution in [3.63, 3.8) is 0 Å². The first-order valence-corrected chi connectivity index (χ1v) is 5.13. The summed E-state index contributed by atoms with van der Waals surface area (Å²) in [5.74, 6) is -2.76. The predicted octanol–water partition coefficient (Wildman–Crippen LogP) is 1.79. The van der Waals surface area contributed by atoms with Gasteiger partial charge in [0.25, 0.3) is 0 Å². The number of carbonyl (C=O) groups is 2. The fourth-order valence-electron chi connectivity index (χ4n) is 1.82. The molecule has 0 spiro atoms. The lowest BCUT2D eigenvalue weighted by atomic mass is 9.77. The van der Waals surface area contributed by atoms with Gasteiger partial charge in [0.15, 0.2) is 0 Å². The highest BCUT2D eigenvalue weighted by Crippen LogP contribution is 2.28. The molecule has 0 amide bonds. The van der Waals surface area contributed by atoms with Gasteiger partial charge in [-0.3, -0.25) is 9.59 Å². The van der Waals surface area contributed by atoms with Crippen LogP contribution in [0.25, 0.3) is 0 Å². The van der Waals surface area contributed by atoms with E-state index in [-0.39, 0.29) is 11.8 Å². The molecule has 0 aliphatic carbocycles. The Morgan fingerprint density at radius 2 is 1.40 bits per heavy atom. The van der Waals surface area contributed by atoms with Gasteiger partial charge in [0.1, 0.15) is 0 Å². The van der Waals surface area contributed by atoms with Crippen LogP contribution >= 0.6 is 0 Å². The molecular formula is C11H20O4. The van der Waals surface area contributed by atoms with E-state index >= 15 is 0 Å². The monoisotopic (exact) mass is 216 g/mol. The molecule has 0 rings (SSSR count). The van der Waals surface area contributed by atoms with E-state index in [0.717, 1.165) is 0 Å². The maximum atomic E-state index is 11.5. The first-order chi connectivity index (χ1) is 6.82. The molecule has 15 heavy (non-hydrogen) atoms. The van der Waals surface area contributed by atoms with Crippen LogP contribution in [0.4, 0.5) is 0 Å². The summed E-state index contributed by atoms with van der Waals surface area (Å²) in [5, 5.41) is 9.10. The van der Waals surface area contributed by atoms with Crippen LogP contribution in [0.2, 0.25) is 0 Å². The van der Waals surface area contributed by atoms with Gasteiger partial charge in [0, 0.05) is 0 Å². The highest BCUT2D eigenvalue weighted by atomic mass is 16.5. The Bertz CT molecular complexity index is 233. The smallest absolute Gasteiger partial charge is 0.309 e. The molecule has 0 aromatic carbocycles. The van der Waals surface area contributed by atoms with Crippen molar-refractivity contribution in [3.8, 4) is 0 Å². The number of carbonyl (C=O) groups excluding carboxylic acids is 1. The average Bonchev–Trinajstić information content (AvgIpc) is 2.10. The molecule has 0 saturated carbocycles. The molecule has 0 aliphatic heterocycles. The van der Waals surface area contributed by atoms with Crippen molar-refractivity contribution in [2.75, 3.05) is 7.11 Å². The third kappa shape index (κ3) is 3.53. The van der Waals surface area contributed by atoms with Crippen molar-refractivity contribution in [2.45, 2.75) is 27.7 Å². The first kappa shape index (κ1) is 13.9. The van der Waals surface area contributed by atoms with E-state index in [2.05, 4.69) is 4.74 Å². The Morgan fingerprint density at radius 3 is 1.60 bits per heavy atom. The Kier molecular flexibility index (Phi) is 5.33. The van der Waals surface area contributed by atoms with E-state index in [4.69, 9.17) is 5.11 Å². The lowest BCUT2D eigenvalue weighted by molar-refractivity contribution is -0.159. The average molecular weight is 216 g/mol. The van der Waals surface area contributed by atoms with Gasteiger partial charge in [-0.1, -0.05) is 27.7 Å². The topological polar surface area (TPSA) is 63.6 Å². The molecule has 0 unspecified atom stereocenters. The molecule has 4 heteroatoms. The molecule has 0 saturated heterocycles. The van der Waals surface area contributed by atoms with E-state index in [1.165, 1.54) is 7.11 Å². The van der Waals surface area contributed by atoms with Gasteiger partial charge < -0.3 is 9.84 Å². The number of esters is 1. The lowest BCUT2D eigenvalue weighted by Crippen LogP contribution is -2.37. The zero-order chi connectivity index (χ0) is 12.2. The quantitative estimate of drug-likeness (QED) is 0.711. The number of hydrogen-bond acceptors (Lipinski definition) is 3. The molecule has 0 aromatic rings. The van der Waals surface area contributed by atoms with Gasteiger partial charge in [0.05, 0.1) is 18.9 Å². The highest BCUT2D eigenvalue weighted by molar-refractivity contribution is 5.81. The van der Waals surface area contributed by atoms with Gasteiger partial charge in [0.2, 0.25) is 0 Å². The van der Waals surface area contributed by atoms with E-state index in [1.807, 2.05) is 13.8 Å². The predicted molar refractivity (Wildman–Crippen MR) is 56.3 cm³/mol. The highest BCUT2D eigenvalue weighted by Gasteiger charge is 2.38. The number of methoxy groups -OCH3 is 1. The second-order valence-electron chi connectivity index (χ2n) is 4.40. The summed E-state index contributed by atoms with van der Waals surface area (Å²) in [6.45, 7) is 7.27. The Hall–Kier alpha value is -1.06. The Balaban J connectivity index is 5.01. The third-order valence-corrected chi connectivity index (χ3v) is 2.58. The summed E-state index contributed by atoms with van der Waals surface area (Å²) in [4.78, 5) is 22.6. The number of hydrogen-bond donors (Lipinski definition) is 1. The Labute approximate surface area is 90.6 Å². The standard InChI is InChI=1S/C11H20O4/c1-6(2)8(10(12)13)9(7(3)4)11(14)15-5/h6-9H,1-5H3,(H,12,13)/t8-,9-/m1/s1. The van der Waals surface area contributed by atoms with Crippen LogP contribution in [0.1, 0.15) is 27.7 Å². The molecular weight excluding hydrogens is 196 g/mol. The number of carboxylic acids is 1. The number of ether oxygens (including phenoxy) is 1. The zero-order valence-electron chi connectivity index (χ0n) is 9.98. The van der Waals surface area contributed by atoms with Gasteiger partial charge in [-0.15, -0.1) is 0 Å². The first-order valence-electron chi connectivity index (χ1n) is 5.13. The molecule has 0 aromatic heterocycles. The van der Waals surface area contributed by atoms with Crippen LogP contribution in [-0.4, -0.2) is 24.2 Å². The van der Waals surface area contributed by atoms with Crippen LogP contribution in [0.15, 0.2) is 0 Å². The largest absolute Gasteiger partial charge is 0.481 e. The van der Waals surface area contributed by atoms with E-state index in [1.54, 1.807) is 13.8 Å². The molecule has 0 bridgehead atoms. The van der Waals surface area contributed by atoms with E-state index in [9.17, 15) is 9.59 Å². The van der Waals surface area contributed by atoms with Crippen molar-refractivity contribution < 1.29 is 19.4 Å². The second-order valence-corrected chi connectivity index (χ2v) is 4.40. The molecule has 1 N–H and O–H groups in total. The van der Waals surface area contributed by atoms with Gasteiger partial charge in [-0.05, 0) is 11.8 Å². The summed E-state index contributed by atoms with van der Waals surface area (Å²) >= 11 is 0. The molecule has 2 atom stereocenters. The number of carboxylic acid groups (broad SMARTS) is 1. The van der Waals surface area contributed by atoms with Crippen LogP contribution in [0.3, 0.4) is 0 Å². The van der Waals surface area contributed by atoms with E-state index < -0.39 is 23.8 Å². The zero-order valence-corrected chi connectivity index (χ0v) is 9.98. The summed E-state index contributed by atoms with van der Waals surface area (Å²) in [7, 11) is 1.29. The third-order valence-electron chi connectivity index (χ3n) is 2.58. The summed E-state index contributed by atoms with van der Waals surface area (Å²) < 4.78 is 4.65. The lowest BCUT2D eigenvalue weighted by Gasteiger charge is -2.27. The summed E-state index contributed by atoms with van der Waals surface area (Å²) in [6, 6.07) is 0. The minimum Gasteiger partial charge on any atom is -0.481 e. The molecule has 0 heterocycles. The number of rotatable bonds is 5. The van der Waals surface area contributed by atoms with Gasteiger partial charge in [-0.2, -0.15) is 0 Å². The van der Waals surface area contributed by atoms with Gasteiger partial charge in [-0.25, -0.2) is 0 Å². The maximum Gasteiger partial charge on any atom is 0.309 e. The van der Waals surface area contributed by atoms with Crippen molar-refractivity contribution in [3.05, 3.63) is 0 Å². The molecule has 88 valence electrons. The summed E-state index contributed by atoms with van der Waals surface area (Å²) in [6.07, 6.45) is 0. The summed E-state index contributed by atoms with van der Waals surface area (Å²) in [5.41, 5.74) is 0. The molecule has 4 nitrogen and oxygen atoms in total. The Morgan fingerprint density at radius 1 is 1.00 bits per heavy atom. The fraction of sp³-hybridized carbons (Fsp3) is 0.818. The maximum absolute atomic E-state index is 11.5. The number of aliphatic carboxylic acids is 1. The van der Waals surface area contributed by atoms with Crippen LogP contribution in [0, 0.1) is 23.7 Å². The van der Waals surface area contributed by atoms with Crippen LogP contribution < -0.4 is 0 Å². The molecule has 0 aliphatic rings. The van der Waals surface area contributed by atoms with Gasteiger partial charge >= 0.3 is 11.9 Å². The minimum absolute atomic E-state index is 0.0408. The normalized spacial score (nSPS) is 15.1.